The zero-order chi connectivity index (χ0) is 11.3. The van der Waals surface area contributed by atoms with Crippen LogP contribution in [0.4, 0.5) is 13.2 Å². The van der Waals surface area contributed by atoms with Gasteiger partial charge in [-0.1, -0.05) is 6.92 Å². The largest absolute Gasteiger partial charge is 0.441 e. The second-order valence-electron chi connectivity index (χ2n) is 3.08. The van der Waals surface area contributed by atoms with E-state index in [-0.39, 0.29) is 17.5 Å². The third-order valence-corrected chi connectivity index (χ3v) is 2.59. The Hall–Kier alpha value is -0.650. The number of alkyl halides is 3. The fourth-order valence-electron chi connectivity index (χ4n) is 1.26. The normalized spacial score (nSPS) is 12.0. The monoisotopic (exact) mass is 238 g/mol. The van der Waals surface area contributed by atoms with E-state index in [1.165, 1.54) is 0 Å². The van der Waals surface area contributed by atoms with Crippen LogP contribution in [0.25, 0.3) is 0 Å². The van der Waals surface area contributed by atoms with Gasteiger partial charge >= 0.3 is 5.51 Å². The van der Waals surface area contributed by atoms with Crippen molar-refractivity contribution in [1.82, 2.24) is 9.55 Å². The van der Waals surface area contributed by atoms with Crippen molar-refractivity contribution in [1.29, 1.82) is 0 Å². The van der Waals surface area contributed by atoms with E-state index in [0.717, 1.165) is 18.7 Å². The fourth-order valence-corrected chi connectivity index (χ4v) is 1.77. The molecule has 0 unspecified atom stereocenters. The molecule has 86 valence electrons. The Morgan fingerprint density at radius 1 is 1.47 bits per heavy atom. The van der Waals surface area contributed by atoms with Gasteiger partial charge in [0.1, 0.15) is 5.82 Å². The summed E-state index contributed by atoms with van der Waals surface area (Å²) in [5.74, 6) is 0.900. The Kier molecular flexibility index (Phi) is 4.50. The summed E-state index contributed by atoms with van der Waals surface area (Å²) < 4.78 is 37.4. The van der Waals surface area contributed by atoms with Gasteiger partial charge in [-0.05, 0) is 18.2 Å². The van der Waals surface area contributed by atoms with Gasteiger partial charge in [-0.25, -0.2) is 4.98 Å². The molecule has 0 fully saturated rings. The van der Waals surface area contributed by atoms with Gasteiger partial charge in [0, 0.05) is 31.1 Å². The molecule has 2 nitrogen and oxygen atoms in total. The molecule has 0 amide bonds. The molecule has 15 heavy (non-hydrogen) atoms. The molecule has 0 bridgehead atoms. The summed E-state index contributed by atoms with van der Waals surface area (Å²) >= 11 is 0.00999. The van der Waals surface area contributed by atoms with Gasteiger partial charge in [0.25, 0.3) is 0 Å². The molecule has 0 radical (unpaired) electrons. The summed E-state index contributed by atoms with van der Waals surface area (Å²) in [7, 11) is 0. The lowest BCUT2D eigenvalue weighted by atomic mass is 10.3. The van der Waals surface area contributed by atoms with E-state index in [0.29, 0.717) is 6.54 Å². The van der Waals surface area contributed by atoms with Crippen LogP contribution in [0.3, 0.4) is 0 Å². The molecule has 0 aromatic carbocycles. The van der Waals surface area contributed by atoms with Gasteiger partial charge in [0.05, 0.1) is 0 Å². The first-order valence-corrected chi connectivity index (χ1v) is 5.72. The lowest BCUT2D eigenvalue weighted by molar-refractivity contribution is -0.0328. The zero-order valence-corrected chi connectivity index (χ0v) is 9.24. The first kappa shape index (κ1) is 12.4. The summed E-state index contributed by atoms with van der Waals surface area (Å²) in [5, 5.41) is 0. The van der Waals surface area contributed by atoms with Crippen molar-refractivity contribution in [3.8, 4) is 0 Å². The number of rotatable bonds is 5. The van der Waals surface area contributed by atoms with Crippen LogP contribution in [0.1, 0.15) is 19.2 Å². The van der Waals surface area contributed by atoms with Crippen molar-refractivity contribution in [3.05, 3.63) is 18.2 Å². The summed E-state index contributed by atoms with van der Waals surface area (Å²) in [6.07, 6.45) is 5.11. The minimum absolute atomic E-state index is 0.00999. The molecule has 1 heterocycles. The topological polar surface area (TPSA) is 17.8 Å². The fraction of sp³-hybridized carbons (Fsp3) is 0.667. The van der Waals surface area contributed by atoms with Crippen LogP contribution in [-0.2, 0) is 13.0 Å². The van der Waals surface area contributed by atoms with E-state index >= 15 is 0 Å². The Balaban J connectivity index is 2.40. The summed E-state index contributed by atoms with van der Waals surface area (Å²) in [6.45, 7) is 2.38. The van der Waals surface area contributed by atoms with E-state index < -0.39 is 5.51 Å². The Morgan fingerprint density at radius 3 is 2.80 bits per heavy atom. The van der Waals surface area contributed by atoms with E-state index in [2.05, 4.69) is 4.98 Å². The molecule has 1 aromatic rings. The van der Waals surface area contributed by atoms with E-state index in [1.807, 2.05) is 6.92 Å². The maximum atomic E-state index is 11.9. The number of nitrogens with zero attached hydrogens (tertiary/aromatic N) is 2. The summed E-state index contributed by atoms with van der Waals surface area (Å²) in [5.41, 5.74) is -4.13. The molecule has 1 rings (SSSR count). The first-order chi connectivity index (χ1) is 7.03. The third-order valence-electron chi connectivity index (χ3n) is 1.87. The van der Waals surface area contributed by atoms with Gasteiger partial charge in [0.15, 0.2) is 0 Å². The van der Waals surface area contributed by atoms with Gasteiger partial charge in [-0.2, -0.15) is 13.2 Å². The molecule has 0 N–H and O–H groups in total. The van der Waals surface area contributed by atoms with Crippen LogP contribution in [0, 0.1) is 0 Å². The highest BCUT2D eigenvalue weighted by atomic mass is 32.2. The highest BCUT2D eigenvalue weighted by Gasteiger charge is 2.27. The first-order valence-electron chi connectivity index (χ1n) is 4.73. The molecule has 0 aliphatic rings. The Bertz CT molecular complexity index is 296. The van der Waals surface area contributed by atoms with Crippen LogP contribution >= 0.6 is 11.8 Å². The molecule has 1 aromatic heterocycles. The number of hydrogen-bond acceptors (Lipinski definition) is 2. The third kappa shape index (κ3) is 4.59. The van der Waals surface area contributed by atoms with Gasteiger partial charge in [-0.3, -0.25) is 0 Å². The minimum Gasteiger partial charge on any atom is -0.334 e. The highest BCUT2D eigenvalue weighted by Crippen LogP contribution is 2.30. The zero-order valence-electron chi connectivity index (χ0n) is 8.42. The Morgan fingerprint density at radius 2 is 2.20 bits per heavy atom. The second kappa shape index (κ2) is 5.44. The number of thioether (sulfide) groups is 1. The van der Waals surface area contributed by atoms with Crippen molar-refractivity contribution in [2.75, 3.05) is 5.75 Å². The average Bonchev–Trinajstić information content (AvgIpc) is 2.51. The van der Waals surface area contributed by atoms with Crippen molar-refractivity contribution in [2.24, 2.45) is 0 Å². The predicted molar refractivity (Wildman–Crippen MR) is 54.7 cm³/mol. The standard InChI is InChI=1S/C9H13F3N2S/c1-2-3-8-13-4-5-14(8)6-7-15-9(10,11)12/h4-5H,2-3,6-7H2,1H3. The minimum atomic E-state index is -4.13. The Labute approximate surface area is 90.9 Å². The van der Waals surface area contributed by atoms with Crippen LogP contribution in [0.15, 0.2) is 12.4 Å². The SMILES string of the molecule is CCCc1nccn1CCSC(F)(F)F. The van der Waals surface area contributed by atoms with E-state index in [9.17, 15) is 13.2 Å². The molecule has 6 heteroatoms. The van der Waals surface area contributed by atoms with Crippen LogP contribution in [0.5, 0.6) is 0 Å². The molecule has 0 saturated heterocycles. The quantitative estimate of drug-likeness (QED) is 0.784. The van der Waals surface area contributed by atoms with Crippen LogP contribution < -0.4 is 0 Å². The second-order valence-corrected chi connectivity index (χ2v) is 4.24. The molecular formula is C9H13F3N2S. The molecule has 0 aliphatic carbocycles. The molecule has 0 aliphatic heterocycles. The lowest BCUT2D eigenvalue weighted by Crippen LogP contribution is -2.08. The molecule has 0 atom stereocenters. The number of hydrogen-bond donors (Lipinski definition) is 0. The molecular weight excluding hydrogens is 225 g/mol. The predicted octanol–water partition coefficient (Wildman–Crippen LogP) is 3.09. The lowest BCUT2D eigenvalue weighted by Gasteiger charge is -2.08. The van der Waals surface area contributed by atoms with Crippen LogP contribution in [0.2, 0.25) is 0 Å². The number of aryl methyl sites for hydroxylation is 2. The smallest absolute Gasteiger partial charge is 0.334 e. The van der Waals surface area contributed by atoms with Crippen molar-refractivity contribution < 1.29 is 13.2 Å². The highest BCUT2D eigenvalue weighted by molar-refractivity contribution is 8.00. The van der Waals surface area contributed by atoms with Gasteiger partial charge in [0.2, 0.25) is 0 Å². The summed E-state index contributed by atoms with van der Waals surface area (Å²) in [6, 6.07) is 0. The number of imidazole rings is 1. The number of halogens is 3. The van der Waals surface area contributed by atoms with E-state index in [1.54, 1.807) is 17.0 Å². The van der Waals surface area contributed by atoms with Gasteiger partial charge in [-0.15, -0.1) is 0 Å². The van der Waals surface area contributed by atoms with Crippen molar-refractivity contribution in [3.63, 3.8) is 0 Å². The average molecular weight is 238 g/mol. The van der Waals surface area contributed by atoms with Gasteiger partial charge < -0.3 is 4.57 Å². The van der Waals surface area contributed by atoms with Crippen molar-refractivity contribution in [2.45, 2.75) is 31.8 Å². The van der Waals surface area contributed by atoms with Crippen molar-refractivity contribution >= 4 is 11.8 Å². The summed E-state index contributed by atoms with van der Waals surface area (Å²) in [4.78, 5) is 4.09. The van der Waals surface area contributed by atoms with Crippen LogP contribution in [-0.4, -0.2) is 20.8 Å². The molecule has 0 spiro atoms. The maximum absolute atomic E-state index is 11.9. The molecule has 0 saturated carbocycles. The number of aromatic nitrogens is 2. The maximum Gasteiger partial charge on any atom is 0.441 e. The van der Waals surface area contributed by atoms with E-state index in [4.69, 9.17) is 0 Å².